The SMILES string of the molecule is CCNCC1CCN(C(=O)c2coc(Br)c2)CC1. The number of hydrogen-bond acceptors (Lipinski definition) is 3. The third kappa shape index (κ3) is 3.36. The molecule has 0 spiro atoms. The maximum Gasteiger partial charge on any atom is 0.257 e. The molecule has 100 valence electrons. The Morgan fingerprint density at radius 1 is 1.56 bits per heavy atom. The minimum atomic E-state index is 0.0753. The first kappa shape index (κ1) is 13.6. The van der Waals surface area contributed by atoms with Gasteiger partial charge in [-0.05, 0) is 47.8 Å². The van der Waals surface area contributed by atoms with Gasteiger partial charge in [0.25, 0.3) is 5.91 Å². The topological polar surface area (TPSA) is 45.5 Å². The predicted octanol–water partition coefficient (Wildman–Crippen LogP) is 2.50. The summed E-state index contributed by atoms with van der Waals surface area (Å²) in [5.41, 5.74) is 0.631. The van der Waals surface area contributed by atoms with Crippen LogP contribution in [0.25, 0.3) is 0 Å². The fourth-order valence-corrected chi connectivity index (χ4v) is 2.63. The van der Waals surface area contributed by atoms with Gasteiger partial charge in [-0.2, -0.15) is 0 Å². The van der Waals surface area contributed by atoms with Crippen molar-refractivity contribution < 1.29 is 9.21 Å². The van der Waals surface area contributed by atoms with Gasteiger partial charge in [0, 0.05) is 19.2 Å². The molecule has 0 radical (unpaired) electrons. The van der Waals surface area contributed by atoms with Crippen LogP contribution in [0.3, 0.4) is 0 Å². The lowest BCUT2D eigenvalue weighted by Gasteiger charge is -2.31. The summed E-state index contributed by atoms with van der Waals surface area (Å²) in [6, 6.07) is 1.73. The van der Waals surface area contributed by atoms with Crippen molar-refractivity contribution >= 4 is 21.8 Å². The summed E-state index contributed by atoms with van der Waals surface area (Å²) in [6.07, 6.45) is 3.67. The van der Waals surface area contributed by atoms with Gasteiger partial charge in [-0.1, -0.05) is 6.92 Å². The van der Waals surface area contributed by atoms with Crippen molar-refractivity contribution in [3.63, 3.8) is 0 Å². The zero-order valence-corrected chi connectivity index (χ0v) is 12.2. The van der Waals surface area contributed by atoms with Gasteiger partial charge in [-0.3, -0.25) is 4.79 Å². The second-order valence-corrected chi connectivity index (χ2v) is 5.46. The van der Waals surface area contributed by atoms with Crippen LogP contribution in [0.2, 0.25) is 0 Å². The maximum atomic E-state index is 12.2. The van der Waals surface area contributed by atoms with E-state index in [1.807, 2.05) is 4.90 Å². The Bertz CT molecular complexity index is 397. The largest absolute Gasteiger partial charge is 0.457 e. The number of nitrogens with zero attached hydrogens (tertiary/aromatic N) is 1. The van der Waals surface area contributed by atoms with Crippen LogP contribution in [-0.2, 0) is 0 Å². The van der Waals surface area contributed by atoms with Crippen LogP contribution in [0.15, 0.2) is 21.4 Å². The van der Waals surface area contributed by atoms with Gasteiger partial charge >= 0.3 is 0 Å². The van der Waals surface area contributed by atoms with Crippen molar-refractivity contribution in [3.8, 4) is 0 Å². The first-order valence-electron chi connectivity index (χ1n) is 6.44. The highest BCUT2D eigenvalue weighted by Crippen LogP contribution is 2.20. The summed E-state index contributed by atoms with van der Waals surface area (Å²) in [4.78, 5) is 14.1. The first-order valence-corrected chi connectivity index (χ1v) is 7.24. The predicted molar refractivity (Wildman–Crippen MR) is 73.6 cm³/mol. The zero-order chi connectivity index (χ0) is 13.0. The standard InChI is InChI=1S/C13H19BrN2O2/c1-2-15-8-10-3-5-16(6-4-10)13(17)11-7-12(14)18-9-11/h7,9-10,15H,2-6,8H2,1H3. The highest BCUT2D eigenvalue weighted by atomic mass is 79.9. The molecule has 1 fully saturated rings. The summed E-state index contributed by atoms with van der Waals surface area (Å²) < 4.78 is 5.71. The summed E-state index contributed by atoms with van der Waals surface area (Å²) in [5, 5.41) is 3.37. The van der Waals surface area contributed by atoms with Crippen molar-refractivity contribution in [1.82, 2.24) is 10.2 Å². The average molecular weight is 315 g/mol. The van der Waals surface area contributed by atoms with Gasteiger partial charge in [-0.15, -0.1) is 0 Å². The van der Waals surface area contributed by atoms with E-state index in [4.69, 9.17) is 4.42 Å². The van der Waals surface area contributed by atoms with Gasteiger partial charge in [0.2, 0.25) is 0 Å². The lowest BCUT2D eigenvalue weighted by molar-refractivity contribution is 0.0689. The Balaban J connectivity index is 1.84. The molecule has 4 nitrogen and oxygen atoms in total. The maximum absolute atomic E-state index is 12.2. The number of piperidine rings is 1. The van der Waals surface area contributed by atoms with Crippen LogP contribution in [0.5, 0.6) is 0 Å². The van der Waals surface area contributed by atoms with E-state index in [0.717, 1.165) is 39.0 Å². The Labute approximate surface area is 116 Å². The van der Waals surface area contributed by atoms with Crippen molar-refractivity contribution in [2.45, 2.75) is 19.8 Å². The van der Waals surface area contributed by atoms with Crippen molar-refractivity contribution in [2.24, 2.45) is 5.92 Å². The fraction of sp³-hybridized carbons (Fsp3) is 0.615. The monoisotopic (exact) mass is 314 g/mol. The smallest absolute Gasteiger partial charge is 0.257 e. The Kier molecular flexibility index (Phi) is 4.83. The molecule has 1 aromatic heterocycles. The van der Waals surface area contributed by atoms with Gasteiger partial charge in [-0.25, -0.2) is 0 Å². The Morgan fingerprint density at radius 3 is 2.83 bits per heavy atom. The van der Waals surface area contributed by atoms with E-state index in [9.17, 15) is 4.79 Å². The van der Waals surface area contributed by atoms with Crippen LogP contribution < -0.4 is 5.32 Å². The molecule has 1 aliphatic heterocycles. The molecule has 18 heavy (non-hydrogen) atoms. The van der Waals surface area contributed by atoms with E-state index in [0.29, 0.717) is 16.2 Å². The van der Waals surface area contributed by atoms with Gasteiger partial charge in [0.05, 0.1) is 5.56 Å². The van der Waals surface area contributed by atoms with E-state index in [1.54, 1.807) is 6.07 Å². The number of carbonyl (C=O) groups excluding carboxylic acids is 1. The molecule has 0 unspecified atom stereocenters. The van der Waals surface area contributed by atoms with E-state index >= 15 is 0 Å². The molecule has 0 aromatic carbocycles. The highest BCUT2D eigenvalue weighted by molar-refractivity contribution is 9.10. The number of hydrogen-bond donors (Lipinski definition) is 1. The summed E-state index contributed by atoms with van der Waals surface area (Å²) in [5.74, 6) is 0.774. The third-order valence-electron chi connectivity index (χ3n) is 3.40. The van der Waals surface area contributed by atoms with Crippen LogP contribution in [0.1, 0.15) is 30.1 Å². The lowest BCUT2D eigenvalue weighted by atomic mass is 9.96. The first-order chi connectivity index (χ1) is 8.70. The second kappa shape index (κ2) is 6.38. The summed E-state index contributed by atoms with van der Waals surface area (Å²) in [6.45, 7) is 5.89. The molecule has 1 aromatic rings. The molecule has 0 atom stereocenters. The molecule has 5 heteroatoms. The number of amides is 1. The second-order valence-electron chi connectivity index (χ2n) is 4.68. The lowest BCUT2D eigenvalue weighted by Crippen LogP contribution is -2.40. The van der Waals surface area contributed by atoms with E-state index in [-0.39, 0.29) is 5.91 Å². The molecular weight excluding hydrogens is 296 g/mol. The molecule has 1 N–H and O–H groups in total. The molecule has 0 saturated carbocycles. The van der Waals surface area contributed by atoms with Crippen molar-refractivity contribution in [3.05, 3.63) is 22.6 Å². The van der Waals surface area contributed by atoms with Gasteiger partial charge in [0.1, 0.15) is 6.26 Å². The molecule has 2 rings (SSSR count). The molecule has 0 bridgehead atoms. The molecule has 1 amide bonds. The normalized spacial score (nSPS) is 17.1. The molecule has 1 aliphatic rings. The Hall–Kier alpha value is -0.810. The van der Waals surface area contributed by atoms with E-state index < -0.39 is 0 Å². The highest BCUT2D eigenvalue weighted by Gasteiger charge is 2.24. The zero-order valence-electron chi connectivity index (χ0n) is 10.6. The molecule has 2 heterocycles. The van der Waals surface area contributed by atoms with Gasteiger partial charge in [0.15, 0.2) is 4.67 Å². The minimum Gasteiger partial charge on any atom is -0.457 e. The van der Waals surface area contributed by atoms with Crippen molar-refractivity contribution in [2.75, 3.05) is 26.2 Å². The number of nitrogens with one attached hydrogen (secondary N) is 1. The van der Waals surface area contributed by atoms with Crippen LogP contribution in [-0.4, -0.2) is 37.0 Å². The van der Waals surface area contributed by atoms with Gasteiger partial charge < -0.3 is 14.6 Å². The number of likely N-dealkylation sites (tertiary alicyclic amines) is 1. The van der Waals surface area contributed by atoms with E-state index in [2.05, 4.69) is 28.2 Å². The van der Waals surface area contributed by atoms with Crippen LogP contribution in [0, 0.1) is 5.92 Å². The third-order valence-corrected chi connectivity index (χ3v) is 3.81. The fourth-order valence-electron chi connectivity index (χ4n) is 2.29. The average Bonchev–Trinajstić information content (AvgIpc) is 2.83. The summed E-state index contributed by atoms with van der Waals surface area (Å²) in [7, 11) is 0. The minimum absolute atomic E-state index is 0.0753. The van der Waals surface area contributed by atoms with Crippen LogP contribution >= 0.6 is 15.9 Å². The summed E-state index contributed by atoms with van der Waals surface area (Å²) >= 11 is 3.22. The Morgan fingerprint density at radius 2 is 2.28 bits per heavy atom. The van der Waals surface area contributed by atoms with Crippen molar-refractivity contribution in [1.29, 1.82) is 0 Å². The number of rotatable bonds is 4. The molecule has 0 aliphatic carbocycles. The van der Waals surface area contributed by atoms with Crippen LogP contribution in [0.4, 0.5) is 0 Å². The number of carbonyl (C=O) groups is 1. The number of halogens is 1. The van der Waals surface area contributed by atoms with E-state index in [1.165, 1.54) is 6.26 Å². The number of furan rings is 1. The molecule has 1 saturated heterocycles. The molecular formula is C13H19BrN2O2. The quantitative estimate of drug-likeness (QED) is 0.928.